The van der Waals surface area contributed by atoms with Crippen molar-refractivity contribution in [2.75, 3.05) is 0 Å². The highest BCUT2D eigenvalue weighted by atomic mass is 16.6. The molecule has 0 aliphatic heterocycles. The third-order valence-corrected chi connectivity index (χ3v) is 8.37. The van der Waals surface area contributed by atoms with Crippen molar-refractivity contribution in [1.29, 1.82) is 0 Å². The average molecular weight is 455 g/mol. The van der Waals surface area contributed by atoms with E-state index >= 15 is 0 Å². The third-order valence-electron chi connectivity index (χ3n) is 8.37. The molecule has 0 radical (unpaired) electrons. The second-order valence-electron chi connectivity index (χ2n) is 10.00. The van der Waals surface area contributed by atoms with Crippen LogP contribution in [0.1, 0.15) is 38.5 Å². The van der Waals surface area contributed by atoms with Crippen molar-refractivity contribution in [3.05, 3.63) is 49.6 Å². The minimum Gasteiger partial charge on any atom is -0.481 e. The van der Waals surface area contributed by atoms with Gasteiger partial charge in [-0.25, -0.2) is 0 Å². The van der Waals surface area contributed by atoms with Gasteiger partial charge in [-0.3, -0.25) is 19.2 Å². The van der Waals surface area contributed by atoms with Gasteiger partial charge < -0.3 is 14.9 Å². The van der Waals surface area contributed by atoms with E-state index in [2.05, 4.69) is 13.2 Å². The van der Waals surface area contributed by atoms with E-state index in [0.29, 0.717) is 38.5 Å². The molecule has 0 amide bonds. The van der Waals surface area contributed by atoms with E-state index in [0.717, 1.165) is 0 Å². The lowest BCUT2D eigenvalue weighted by Gasteiger charge is -2.35. The lowest BCUT2D eigenvalue weighted by Crippen LogP contribution is -2.44. The zero-order valence-corrected chi connectivity index (χ0v) is 18.5. The first kappa shape index (κ1) is 23.2. The van der Waals surface area contributed by atoms with Gasteiger partial charge in [0.05, 0.1) is 23.7 Å². The van der Waals surface area contributed by atoms with Crippen LogP contribution >= 0.6 is 0 Å². The summed E-state index contributed by atoms with van der Waals surface area (Å²) in [4.78, 5) is 50.8. The van der Waals surface area contributed by atoms with Gasteiger partial charge in [-0.1, -0.05) is 36.5 Å². The molecule has 0 saturated heterocycles. The van der Waals surface area contributed by atoms with Crippen molar-refractivity contribution in [2.24, 2.45) is 46.3 Å². The quantitative estimate of drug-likeness (QED) is 0.293. The van der Waals surface area contributed by atoms with Crippen LogP contribution in [0, 0.1) is 46.3 Å². The fourth-order valence-corrected chi connectivity index (χ4v) is 7.01. The first-order valence-electron chi connectivity index (χ1n) is 11.5. The largest absolute Gasteiger partial charge is 0.481 e. The van der Waals surface area contributed by atoms with E-state index < -0.39 is 58.4 Å². The van der Waals surface area contributed by atoms with Gasteiger partial charge in [0.1, 0.15) is 0 Å². The number of carboxylic acid groups (broad SMARTS) is 2. The SMILES string of the molecule is C=CCCC12C=CC(C1)C(C(=O)O)C2C(=O)OC(=O)C1C(C(=O)O)C2C=CC1(CCC=C)C2. The van der Waals surface area contributed by atoms with Gasteiger partial charge in [-0.15, -0.1) is 13.2 Å². The molecule has 0 spiro atoms. The molecule has 0 heterocycles. The first-order chi connectivity index (χ1) is 15.7. The molecule has 33 heavy (non-hydrogen) atoms. The predicted molar refractivity (Wildman–Crippen MR) is 119 cm³/mol. The van der Waals surface area contributed by atoms with Gasteiger partial charge >= 0.3 is 23.9 Å². The number of aliphatic carboxylic acids is 2. The maximum absolute atomic E-state index is 13.3. The molecule has 8 unspecified atom stereocenters. The first-order valence-corrected chi connectivity index (χ1v) is 11.5. The summed E-state index contributed by atoms with van der Waals surface area (Å²) in [7, 11) is 0. The second kappa shape index (κ2) is 8.43. The molecule has 8 atom stereocenters. The number of carboxylic acids is 2. The molecular weight excluding hydrogens is 424 g/mol. The van der Waals surface area contributed by atoms with Crippen LogP contribution in [-0.4, -0.2) is 34.1 Å². The lowest BCUT2D eigenvalue weighted by atomic mass is 9.70. The summed E-state index contributed by atoms with van der Waals surface area (Å²) in [5, 5.41) is 19.7. The molecule has 0 aromatic carbocycles. The Morgan fingerprint density at radius 1 is 0.818 bits per heavy atom. The molecule has 4 bridgehead atoms. The normalized spacial score (nSPS) is 39.5. The number of carbonyl (C=O) groups is 4. The van der Waals surface area contributed by atoms with E-state index in [4.69, 9.17) is 4.74 Å². The molecule has 2 fully saturated rings. The highest BCUT2D eigenvalue weighted by Gasteiger charge is 2.63. The smallest absolute Gasteiger partial charge is 0.318 e. The zero-order chi connectivity index (χ0) is 24.0. The Morgan fingerprint density at radius 3 is 1.55 bits per heavy atom. The van der Waals surface area contributed by atoms with Crippen LogP contribution in [0.2, 0.25) is 0 Å². The van der Waals surface area contributed by atoms with E-state index in [1.807, 2.05) is 24.3 Å². The van der Waals surface area contributed by atoms with Crippen molar-refractivity contribution in [3.8, 4) is 0 Å². The third kappa shape index (κ3) is 3.58. The molecule has 0 aromatic heterocycles. The minimum absolute atomic E-state index is 0.295. The molecule has 4 rings (SSSR count). The molecule has 4 aliphatic rings. The molecular formula is C26H30O7. The molecule has 7 nitrogen and oxygen atoms in total. The van der Waals surface area contributed by atoms with Crippen LogP contribution in [-0.2, 0) is 23.9 Å². The van der Waals surface area contributed by atoms with Crippen molar-refractivity contribution in [3.63, 3.8) is 0 Å². The Hall–Kier alpha value is -2.96. The molecule has 176 valence electrons. The number of allylic oxidation sites excluding steroid dienone is 6. The number of esters is 2. The maximum atomic E-state index is 13.3. The van der Waals surface area contributed by atoms with Crippen molar-refractivity contribution < 1.29 is 34.1 Å². The van der Waals surface area contributed by atoms with Crippen LogP contribution < -0.4 is 0 Å². The number of ether oxygens (including phenoxy) is 1. The Morgan fingerprint density at radius 2 is 1.21 bits per heavy atom. The molecule has 4 aliphatic carbocycles. The summed E-state index contributed by atoms with van der Waals surface area (Å²) in [6.45, 7) is 7.45. The Bertz CT molecular complexity index is 886. The molecule has 0 aromatic rings. The highest BCUT2D eigenvalue weighted by Crippen LogP contribution is 2.61. The molecule has 7 heteroatoms. The number of carbonyl (C=O) groups excluding carboxylic acids is 2. The Kier molecular flexibility index (Phi) is 5.93. The summed E-state index contributed by atoms with van der Waals surface area (Å²) in [6, 6.07) is 0. The Labute approximate surface area is 192 Å². The van der Waals surface area contributed by atoms with Gasteiger partial charge in [-0.05, 0) is 50.4 Å². The fourth-order valence-electron chi connectivity index (χ4n) is 7.01. The van der Waals surface area contributed by atoms with Crippen LogP contribution in [0.4, 0.5) is 0 Å². The maximum Gasteiger partial charge on any atom is 0.318 e. The summed E-state index contributed by atoms with van der Waals surface area (Å²) in [5.41, 5.74) is -1.39. The number of rotatable bonds is 10. The molecule has 2 saturated carbocycles. The van der Waals surface area contributed by atoms with E-state index in [9.17, 15) is 29.4 Å². The summed E-state index contributed by atoms with van der Waals surface area (Å²) >= 11 is 0. The van der Waals surface area contributed by atoms with Crippen molar-refractivity contribution in [1.82, 2.24) is 0 Å². The number of fused-ring (bicyclic) bond motifs is 4. The topological polar surface area (TPSA) is 118 Å². The van der Waals surface area contributed by atoms with E-state index in [1.54, 1.807) is 12.2 Å². The van der Waals surface area contributed by atoms with Crippen molar-refractivity contribution >= 4 is 23.9 Å². The molecule has 2 N–H and O–H groups in total. The standard InChI is InChI=1S/C26H30O7/c1-3-5-9-25-11-7-15(13-25)17(21(27)28)19(25)23(31)33-24(32)20-18(22(29)30)16-8-12-26(20,14-16)10-6-4-2/h3-4,7-8,11-12,15-20H,1-2,5-6,9-10,13-14H2,(H,27,28)(H,29,30). The van der Waals surface area contributed by atoms with E-state index in [1.165, 1.54) is 0 Å². The fraction of sp³-hybridized carbons (Fsp3) is 0.538. The monoisotopic (exact) mass is 454 g/mol. The zero-order valence-electron chi connectivity index (χ0n) is 18.5. The summed E-state index contributed by atoms with van der Waals surface area (Å²) in [5.74, 6) is -8.41. The number of hydrogen-bond donors (Lipinski definition) is 2. The van der Waals surface area contributed by atoms with E-state index in [-0.39, 0.29) is 11.8 Å². The second-order valence-corrected chi connectivity index (χ2v) is 10.00. The van der Waals surface area contributed by atoms with Gasteiger partial charge in [0.15, 0.2) is 0 Å². The number of hydrogen-bond acceptors (Lipinski definition) is 5. The minimum atomic E-state index is -1.09. The van der Waals surface area contributed by atoms with Crippen LogP contribution in [0.15, 0.2) is 49.6 Å². The van der Waals surface area contributed by atoms with Crippen LogP contribution in [0.5, 0.6) is 0 Å². The predicted octanol–water partition coefficient (Wildman–Crippen LogP) is 3.77. The lowest BCUT2D eigenvalue weighted by molar-refractivity contribution is -0.175. The summed E-state index contributed by atoms with van der Waals surface area (Å²) < 4.78 is 5.37. The summed E-state index contributed by atoms with van der Waals surface area (Å²) in [6.07, 6.45) is 14.2. The van der Waals surface area contributed by atoms with Crippen LogP contribution in [0.25, 0.3) is 0 Å². The average Bonchev–Trinajstić information content (AvgIpc) is 3.52. The van der Waals surface area contributed by atoms with Gasteiger partial charge in [0, 0.05) is 10.8 Å². The van der Waals surface area contributed by atoms with Gasteiger partial charge in [-0.2, -0.15) is 0 Å². The Balaban J connectivity index is 1.61. The van der Waals surface area contributed by atoms with Crippen molar-refractivity contribution in [2.45, 2.75) is 38.5 Å². The van der Waals surface area contributed by atoms with Gasteiger partial charge in [0.25, 0.3) is 0 Å². The van der Waals surface area contributed by atoms with Crippen LogP contribution in [0.3, 0.4) is 0 Å². The van der Waals surface area contributed by atoms with Gasteiger partial charge in [0.2, 0.25) is 0 Å². The highest BCUT2D eigenvalue weighted by molar-refractivity contribution is 5.94.